The Hall–Kier alpha value is -1.10. The number of carboxylic acid groups (broad SMARTS) is 1. The van der Waals surface area contributed by atoms with Crippen molar-refractivity contribution in [3.05, 3.63) is 0 Å². The Morgan fingerprint density at radius 3 is 2.77 bits per heavy atom. The first-order chi connectivity index (χ1) is 6.07. The summed E-state index contributed by atoms with van der Waals surface area (Å²) in [6, 6.07) is -0.571. The minimum absolute atomic E-state index is 0.100. The number of likely N-dealkylation sites (tertiary alicyclic amines) is 1. The number of aliphatic hydroxyl groups is 1. The zero-order valence-electron chi connectivity index (χ0n) is 7.43. The summed E-state index contributed by atoms with van der Waals surface area (Å²) in [6.07, 6.45) is 0.577. The lowest BCUT2D eigenvalue weighted by Crippen LogP contribution is -2.50. The van der Waals surface area contributed by atoms with Gasteiger partial charge in [0.15, 0.2) is 0 Å². The molecule has 2 N–H and O–H groups in total. The molecule has 0 bridgehead atoms. The molecule has 13 heavy (non-hydrogen) atoms. The van der Waals surface area contributed by atoms with E-state index >= 15 is 0 Å². The number of piperidine rings is 1. The van der Waals surface area contributed by atoms with Crippen LogP contribution in [0.5, 0.6) is 0 Å². The standard InChI is InChI=1S/C8H13NO4/c1-9-6(4-10)5(8(12)13)2-3-7(9)11/h5-6,10H,2-4H2,1H3,(H,12,13)/t5-,6+/m0/s1. The molecule has 1 aliphatic heterocycles. The van der Waals surface area contributed by atoms with Gasteiger partial charge in [0.05, 0.1) is 18.6 Å². The number of carbonyl (C=O) groups excluding carboxylic acids is 1. The summed E-state index contributed by atoms with van der Waals surface area (Å²) in [7, 11) is 1.53. The molecule has 74 valence electrons. The SMILES string of the molecule is CN1C(=O)CC[C@H](C(=O)O)[C@H]1CO. The number of aliphatic carboxylic acids is 1. The predicted molar refractivity (Wildman–Crippen MR) is 44.0 cm³/mol. The molecule has 0 saturated carbocycles. The number of amides is 1. The van der Waals surface area contributed by atoms with E-state index in [4.69, 9.17) is 10.2 Å². The summed E-state index contributed by atoms with van der Waals surface area (Å²) in [5.41, 5.74) is 0. The summed E-state index contributed by atoms with van der Waals surface area (Å²) in [4.78, 5) is 23.2. The molecule has 1 heterocycles. The second-order valence-electron chi connectivity index (χ2n) is 3.24. The fourth-order valence-corrected chi connectivity index (χ4v) is 1.64. The van der Waals surface area contributed by atoms with E-state index in [1.54, 1.807) is 0 Å². The lowest BCUT2D eigenvalue weighted by atomic mass is 9.90. The smallest absolute Gasteiger partial charge is 0.308 e. The van der Waals surface area contributed by atoms with Crippen molar-refractivity contribution in [2.24, 2.45) is 5.92 Å². The molecule has 5 heteroatoms. The molecule has 0 unspecified atom stereocenters. The molecular weight excluding hydrogens is 174 g/mol. The first kappa shape index (κ1) is 9.98. The largest absolute Gasteiger partial charge is 0.481 e. The normalized spacial score (nSPS) is 29.1. The third-order valence-electron chi connectivity index (χ3n) is 2.53. The highest BCUT2D eigenvalue weighted by molar-refractivity contribution is 5.81. The molecule has 1 aliphatic rings. The van der Waals surface area contributed by atoms with Gasteiger partial charge in [-0.1, -0.05) is 0 Å². The topological polar surface area (TPSA) is 77.8 Å². The van der Waals surface area contributed by atoms with Crippen LogP contribution in [0.25, 0.3) is 0 Å². The maximum Gasteiger partial charge on any atom is 0.308 e. The van der Waals surface area contributed by atoms with E-state index in [1.807, 2.05) is 0 Å². The number of likely N-dealkylation sites (N-methyl/N-ethyl adjacent to an activating group) is 1. The van der Waals surface area contributed by atoms with Crippen LogP contribution in [-0.4, -0.2) is 46.7 Å². The lowest BCUT2D eigenvalue weighted by molar-refractivity contribution is -0.152. The van der Waals surface area contributed by atoms with E-state index in [9.17, 15) is 9.59 Å². The molecule has 0 aliphatic carbocycles. The van der Waals surface area contributed by atoms with Crippen LogP contribution in [0.4, 0.5) is 0 Å². The van der Waals surface area contributed by atoms with Gasteiger partial charge < -0.3 is 15.1 Å². The number of rotatable bonds is 2. The van der Waals surface area contributed by atoms with Crippen LogP contribution < -0.4 is 0 Å². The maximum atomic E-state index is 11.2. The fourth-order valence-electron chi connectivity index (χ4n) is 1.64. The molecule has 1 saturated heterocycles. The average Bonchev–Trinajstić information content (AvgIpc) is 2.09. The van der Waals surface area contributed by atoms with E-state index < -0.39 is 17.9 Å². The molecule has 1 amide bonds. The second-order valence-corrected chi connectivity index (χ2v) is 3.24. The van der Waals surface area contributed by atoms with Crippen LogP contribution in [0.1, 0.15) is 12.8 Å². The molecule has 1 fully saturated rings. The Morgan fingerprint density at radius 1 is 1.69 bits per heavy atom. The van der Waals surface area contributed by atoms with Gasteiger partial charge in [-0.15, -0.1) is 0 Å². The number of hydrogen-bond acceptors (Lipinski definition) is 3. The number of nitrogens with zero attached hydrogens (tertiary/aromatic N) is 1. The van der Waals surface area contributed by atoms with E-state index in [0.717, 1.165) is 0 Å². The van der Waals surface area contributed by atoms with Gasteiger partial charge in [-0.2, -0.15) is 0 Å². The van der Waals surface area contributed by atoms with E-state index in [1.165, 1.54) is 11.9 Å². The number of aliphatic hydroxyl groups excluding tert-OH is 1. The molecule has 0 aromatic carbocycles. The highest BCUT2D eigenvalue weighted by Gasteiger charge is 2.37. The molecule has 0 radical (unpaired) electrons. The molecule has 1 rings (SSSR count). The van der Waals surface area contributed by atoms with E-state index in [-0.39, 0.29) is 18.9 Å². The Labute approximate surface area is 76.0 Å². The number of carbonyl (C=O) groups is 2. The summed E-state index contributed by atoms with van der Waals surface area (Å²) < 4.78 is 0. The van der Waals surface area contributed by atoms with E-state index in [2.05, 4.69) is 0 Å². The van der Waals surface area contributed by atoms with Gasteiger partial charge in [0, 0.05) is 13.5 Å². The van der Waals surface area contributed by atoms with Crippen LogP contribution >= 0.6 is 0 Å². The minimum atomic E-state index is -0.946. The minimum Gasteiger partial charge on any atom is -0.481 e. The zero-order valence-corrected chi connectivity index (χ0v) is 7.43. The van der Waals surface area contributed by atoms with Crippen molar-refractivity contribution in [3.8, 4) is 0 Å². The van der Waals surface area contributed by atoms with Crippen LogP contribution in [0.3, 0.4) is 0 Å². The molecule has 0 aromatic heterocycles. The summed E-state index contributed by atoms with van der Waals surface area (Å²) >= 11 is 0. The van der Waals surface area contributed by atoms with Gasteiger partial charge >= 0.3 is 5.97 Å². The van der Waals surface area contributed by atoms with Gasteiger partial charge in [-0.3, -0.25) is 9.59 Å². The lowest BCUT2D eigenvalue weighted by Gasteiger charge is -2.35. The first-order valence-electron chi connectivity index (χ1n) is 4.17. The van der Waals surface area contributed by atoms with Crippen LogP contribution in [0, 0.1) is 5.92 Å². The van der Waals surface area contributed by atoms with Crippen molar-refractivity contribution < 1.29 is 19.8 Å². The maximum absolute atomic E-state index is 11.2. The first-order valence-corrected chi connectivity index (χ1v) is 4.17. The van der Waals surface area contributed by atoms with Gasteiger partial charge in [-0.05, 0) is 6.42 Å². The third kappa shape index (κ3) is 1.80. The Balaban J connectivity index is 2.77. The molecule has 2 atom stereocenters. The summed E-state index contributed by atoms with van der Waals surface area (Å²) in [5.74, 6) is -1.68. The quantitative estimate of drug-likeness (QED) is 0.599. The average molecular weight is 187 g/mol. The highest BCUT2D eigenvalue weighted by atomic mass is 16.4. The van der Waals surface area contributed by atoms with Crippen molar-refractivity contribution in [3.63, 3.8) is 0 Å². The Bertz CT molecular complexity index is 228. The van der Waals surface area contributed by atoms with Crippen molar-refractivity contribution in [2.45, 2.75) is 18.9 Å². The molecule has 5 nitrogen and oxygen atoms in total. The van der Waals surface area contributed by atoms with Gasteiger partial charge in [0.2, 0.25) is 5.91 Å². The monoisotopic (exact) mass is 187 g/mol. The van der Waals surface area contributed by atoms with Crippen LogP contribution in [0.2, 0.25) is 0 Å². The molecule has 0 spiro atoms. The van der Waals surface area contributed by atoms with Gasteiger partial charge in [0.1, 0.15) is 0 Å². The van der Waals surface area contributed by atoms with Crippen molar-refractivity contribution in [2.75, 3.05) is 13.7 Å². The zero-order chi connectivity index (χ0) is 10.0. The van der Waals surface area contributed by atoms with Crippen molar-refractivity contribution in [1.82, 2.24) is 4.90 Å². The Morgan fingerprint density at radius 2 is 2.31 bits per heavy atom. The second kappa shape index (κ2) is 3.74. The van der Waals surface area contributed by atoms with Crippen LogP contribution in [0.15, 0.2) is 0 Å². The summed E-state index contributed by atoms with van der Waals surface area (Å²) in [6.45, 7) is -0.292. The molecular formula is C8H13NO4. The van der Waals surface area contributed by atoms with Crippen LogP contribution in [-0.2, 0) is 9.59 Å². The van der Waals surface area contributed by atoms with Gasteiger partial charge in [-0.25, -0.2) is 0 Å². The van der Waals surface area contributed by atoms with Crippen molar-refractivity contribution in [1.29, 1.82) is 0 Å². The number of hydrogen-bond donors (Lipinski definition) is 2. The fraction of sp³-hybridized carbons (Fsp3) is 0.750. The summed E-state index contributed by atoms with van der Waals surface area (Å²) in [5, 5.41) is 17.7. The highest BCUT2D eigenvalue weighted by Crippen LogP contribution is 2.23. The molecule has 0 aromatic rings. The predicted octanol–water partition coefficient (Wildman–Crippen LogP) is -0.700. The third-order valence-corrected chi connectivity index (χ3v) is 2.53. The van der Waals surface area contributed by atoms with Gasteiger partial charge in [0.25, 0.3) is 0 Å². The van der Waals surface area contributed by atoms with E-state index in [0.29, 0.717) is 6.42 Å². The number of carboxylic acids is 1. The Kier molecular flexibility index (Phi) is 2.87. The van der Waals surface area contributed by atoms with Crippen molar-refractivity contribution >= 4 is 11.9 Å².